The summed E-state index contributed by atoms with van der Waals surface area (Å²) in [5.41, 5.74) is 0.126. The van der Waals surface area contributed by atoms with E-state index in [2.05, 4.69) is 15.9 Å². The van der Waals surface area contributed by atoms with Gasteiger partial charge in [0.15, 0.2) is 0 Å². The molecule has 19 heavy (non-hydrogen) atoms. The molecule has 1 aromatic carbocycles. The van der Waals surface area contributed by atoms with E-state index in [4.69, 9.17) is 5.11 Å². The molecule has 2 rings (SSSR count). The van der Waals surface area contributed by atoms with Crippen LogP contribution >= 0.6 is 27.7 Å². The van der Waals surface area contributed by atoms with E-state index in [-0.39, 0.29) is 11.3 Å². The van der Waals surface area contributed by atoms with Crippen LogP contribution in [0.15, 0.2) is 22.7 Å². The van der Waals surface area contributed by atoms with Crippen LogP contribution in [0.1, 0.15) is 10.4 Å². The van der Waals surface area contributed by atoms with Crippen LogP contribution in [-0.4, -0.2) is 51.1 Å². The standard InChI is InChI=1S/C12H12BrNO4S/c13-7-1-2-8(10(15)5-7)11(16)14-3-4-19-6-9(14)12(17)18/h1-2,5,9,15H,3-4,6H2,(H,17,18). The van der Waals surface area contributed by atoms with Crippen LogP contribution in [0.2, 0.25) is 0 Å². The van der Waals surface area contributed by atoms with Gasteiger partial charge < -0.3 is 15.1 Å². The molecule has 1 unspecified atom stereocenters. The molecule has 102 valence electrons. The zero-order valence-electron chi connectivity index (χ0n) is 9.88. The van der Waals surface area contributed by atoms with E-state index in [1.807, 2.05) is 0 Å². The summed E-state index contributed by atoms with van der Waals surface area (Å²) in [6.07, 6.45) is 0. The Morgan fingerprint density at radius 3 is 2.79 bits per heavy atom. The van der Waals surface area contributed by atoms with Crippen molar-refractivity contribution in [3.63, 3.8) is 0 Å². The lowest BCUT2D eigenvalue weighted by molar-refractivity contribution is -0.141. The van der Waals surface area contributed by atoms with Crippen molar-refractivity contribution in [2.45, 2.75) is 6.04 Å². The largest absolute Gasteiger partial charge is 0.507 e. The number of carbonyl (C=O) groups is 2. The Morgan fingerprint density at radius 1 is 1.42 bits per heavy atom. The topological polar surface area (TPSA) is 77.8 Å². The Hall–Kier alpha value is -1.21. The van der Waals surface area contributed by atoms with Gasteiger partial charge >= 0.3 is 5.97 Å². The van der Waals surface area contributed by atoms with Crippen LogP contribution in [0.25, 0.3) is 0 Å². The van der Waals surface area contributed by atoms with Gasteiger partial charge in [-0.05, 0) is 18.2 Å². The van der Waals surface area contributed by atoms with Gasteiger partial charge in [-0.3, -0.25) is 4.79 Å². The molecule has 1 amide bonds. The molecule has 1 heterocycles. The molecule has 1 aliphatic heterocycles. The molecule has 1 saturated heterocycles. The number of aromatic hydroxyl groups is 1. The van der Waals surface area contributed by atoms with Gasteiger partial charge in [0.1, 0.15) is 11.8 Å². The van der Waals surface area contributed by atoms with E-state index in [9.17, 15) is 14.7 Å². The SMILES string of the molecule is O=C(O)C1CSCCN1C(=O)c1ccc(Br)cc1O. The fourth-order valence-corrected chi connectivity index (χ4v) is 3.28. The minimum Gasteiger partial charge on any atom is -0.507 e. The van der Waals surface area contributed by atoms with Crippen LogP contribution in [0.4, 0.5) is 0 Å². The summed E-state index contributed by atoms with van der Waals surface area (Å²) in [5, 5.41) is 18.9. The quantitative estimate of drug-likeness (QED) is 0.854. The molecular weight excluding hydrogens is 334 g/mol. The second kappa shape index (κ2) is 5.83. The molecule has 1 fully saturated rings. The van der Waals surface area contributed by atoms with Crippen LogP contribution in [0.5, 0.6) is 5.75 Å². The Morgan fingerprint density at radius 2 is 2.16 bits per heavy atom. The molecule has 7 heteroatoms. The highest BCUT2D eigenvalue weighted by atomic mass is 79.9. The molecule has 1 aliphatic rings. The summed E-state index contributed by atoms with van der Waals surface area (Å²) in [6, 6.07) is 3.71. The lowest BCUT2D eigenvalue weighted by Gasteiger charge is -2.32. The van der Waals surface area contributed by atoms with Crippen molar-refractivity contribution >= 4 is 39.6 Å². The lowest BCUT2D eigenvalue weighted by Crippen LogP contribution is -2.50. The Bertz CT molecular complexity index is 522. The number of carbonyl (C=O) groups excluding carboxylic acids is 1. The van der Waals surface area contributed by atoms with Gasteiger partial charge in [-0.25, -0.2) is 4.79 Å². The maximum Gasteiger partial charge on any atom is 0.327 e. The fraction of sp³-hybridized carbons (Fsp3) is 0.333. The third-order valence-electron chi connectivity index (χ3n) is 2.86. The van der Waals surface area contributed by atoms with Crippen molar-refractivity contribution < 1.29 is 19.8 Å². The second-order valence-corrected chi connectivity index (χ2v) is 6.15. The maximum absolute atomic E-state index is 12.3. The molecule has 0 radical (unpaired) electrons. The van der Waals surface area contributed by atoms with E-state index in [0.29, 0.717) is 22.5 Å². The van der Waals surface area contributed by atoms with E-state index in [0.717, 1.165) is 0 Å². The molecule has 0 aromatic heterocycles. The first-order chi connectivity index (χ1) is 9.00. The first-order valence-corrected chi connectivity index (χ1v) is 7.55. The van der Waals surface area contributed by atoms with E-state index >= 15 is 0 Å². The number of halogens is 1. The predicted octanol–water partition coefficient (Wildman–Crippen LogP) is 1.80. The number of aliphatic carboxylic acids is 1. The number of rotatable bonds is 2. The van der Waals surface area contributed by atoms with Gasteiger partial charge in [-0.1, -0.05) is 15.9 Å². The first kappa shape index (κ1) is 14.2. The summed E-state index contributed by atoms with van der Waals surface area (Å²) in [5.74, 6) is -0.540. The number of phenols is 1. The number of nitrogens with zero attached hydrogens (tertiary/aromatic N) is 1. The van der Waals surface area contributed by atoms with E-state index in [1.54, 1.807) is 6.07 Å². The highest BCUT2D eigenvalue weighted by molar-refractivity contribution is 9.10. The van der Waals surface area contributed by atoms with Crippen molar-refractivity contribution in [2.24, 2.45) is 0 Å². The Balaban J connectivity index is 2.28. The van der Waals surface area contributed by atoms with E-state index in [1.165, 1.54) is 28.8 Å². The van der Waals surface area contributed by atoms with E-state index < -0.39 is 17.9 Å². The fourth-order valence-electron chi connectivity index (χ4n) is 1.89. The first-order valence-electron chi connectivity index (χ1n) is 5.60. The normalized spacial score (nSPS) is 19.2. The average Bonchev–Trinajstić information content (AvgIpc) is 2.38. The number of thioether (sulfide) groups is 1. The van der Waals surface area contributed by atoms with Crippen molar-refractivity contribution in [3.05, 3.63) is 28.2 Å². The summed E-state index contributed by atoms with van der Waals surface area (Å²) in [7, 11) is 0. The number of carboxylic acid groups (broad SMARTS) is 1. The number of phenolic OH excluding ortho intramolecular Hbond substituents is 1. The van der Waals surface area contributed by atoms with Crippen molar-refractivity contribution in [3.8, 4) is 5.75 Å². The molecule has 1 aromatic rings. The number of benzene rings is 1. The van der Waals surface area contributed by atoms with Crippen LogP contribution in [0.3, 0.4) is 0 Å². The molecule has 1 atom stereocenters. The van der Waals surface area contributed by atoms with Crippen molar-refractivity contribution in [1.29, 1.82) is 0 Å². The summed E-state index contributed by atoms with van der Waals surface area (Å²) >= 11 is 4.70. The summed E-state index contributed by atoms with van der Waals surface area (Å²) in [6.45, 7) is 0.371. The second-order valence-electron chi connectivity index (χ2n) is 4.09. The van der Waals surface area contributed by atoms with Gasteiger partial charge in [0.25, 0.3) is 5.91 Å². The maximum atomic E-state index is 12.3. The third-order valence-corrected chi connectivity index (χ3v) is 4.38. The van der Waals surface area contributed by atoms with Crippen LogP contribution < -0.4 is 0 Å². The minimum atomic E-state index is -1.02. The Kier molecular flexibility index (Phi) is 4.36. The molecular formula is C12H12BrNO4S. The molecule has 0 bridgehead atoms. The summed E-state index contributed by atoms with van der Waals surface area (Å²) < 4.78 is 0.658. The predicted molar refractivity (Wildman–Crippen MR) is 75.6 cm³/mol. The molecule has 5 nitrogen and oxygen atoms in total. The van der Waals surface area contributed by atoms with Gasteiger partial charge in [-0.2, -0.15) is 11.8 Å². The molecule has 2 N–H and O–H groups in total. The van der Waals surface area contributed by atoms with Gasteiger partial charge in [-0.15, -0.1) is 0 Å². The minimum absolute atomic E-state index is 0.126. The number of amides is 1. The zero-order chi connectivity index (χ0) is 14.0. The van der Waals surface area contributed by atoms with Gasteiger partial charge in [0.2, 0.25) is 0 Å². The summed E-state index contributed by atoms with van der Waals surface area (Å²) in [4.78, 5) is 24.8. The molecule has 0 spiro atoms. The number of carboxylic acids is 1. The lowest BCUT2D eigenvalue weighted by atomic mass is 10.1. The van der Waals surface area contributed by atoms with Crippen molar-refractivity contribution in [1.82, 2.24) is 4.90 Å². The molecule has 0 saturated carbocycles. The number of hydrogen-bond donors (Lipinski definition) is 2. The highest BCUT2D eigenvalue weighted by Gasteiger charge is 2.33. The van der Waals surface area contributed by atoms with Gasteiger partial charge in [0, 0.05) is 22.5 Å². The van der Waals surface area contributed by atoms with Crippen molar-refractivity contribution in [2.75, 3.05) is 18.1 Å². The van der Waals surface area contributed by atoms with Crippen LogP contribution in [0, 0.1) is 0 Å². The van der Waals surface area contributed by atoms with Gasteiger partial charge in [0.05, 0.1) is 5.56 Å². The highest BCUT2D eigenvalue weighted by Crippen LogP contribution is 2.26. The Labute approximate surface area is 122 Å². The van der Waals surface area contributed by atoms with Crippen LogP contribution in [-0.2, 0) is 4.79 Å². The molecule has 0 aliphatic carbocycles. The smallest absolute Gasteiger partial charge is 0.327 e. The zero-order valence-corrected chi connectivity index (χ0v) is 12.3. The average molecular weight is 346 g/mol. The third kappa shape index (κ3) is 3.03. The number of hydrogen-bond acceptors (Lipinski definition) is 4. The monoisotopic (exact) mass is 345 g/mol.